The molecule has 0 saturated heterocycles. The van der Waals surface area contributed by atoms with Crippen LogP contribution in [0.4, 0.5) is 0 Å². The Morgan fingerprint density at radius 2 is 2.37 bits per heavy atom. The largest absolute Gasteiger partial charge is 0.501 e. The number of carbonyl (C=O) groups is 1. The van der Waals surface area contributed by atoms with Crippen LogP contribution in [0.2, 0.25) is 0 Å². The molecule has 1 aliphatic rings. The summed E-state index contributed by atoms with van der Waals surface area (Å²) >= 11 is 0. The lowest BCUT2D eigenvalue weighted by Crippen LogP contribution is -2.32. The molecule has 2 unspecified atom stereocenters. The van der Waals surface area contributed by atoms with E-state index >= 15 is 0 Å². The summed E-state index contributed by atoms with van der Waals surface area (Å²) < 4.78 is 5.40. The summed E-state index contributed by atoms with van der Waals surface area (Å²) in [5.41, 5.74) is 0. The Hall–Kier alpha value is -1.71. The van der Waals surface area contributed by atoms with Gasteiger partial charge < -0.3 is 15.4 Å². The van der Waals surface area contributed by atoms with Gasteiger partial charge in [0.2, 0.25) is 6.41 Å². The highest BCUT2D eigenvalue weighted by Gasteiger charge is 2.19. The van der Waals surface area contributed by atoms with Gasteiger partial charge in [-0.05, 0) is 31.5 Å². The Balaban J connectivity index is 2.66. The lowest BCUT2D eigenvalue weighted by molar-refractivity contribution is -0.109. The maximum Gasteiger partial charge on any atom is 0.207 e. The number of amides is 1. The van der Waals surface area contributed by atoms with Crippen LogP contribution in [-0.4, -0.2) is 26.1 Å². The molecule has 2 atom stereocenters. The first-order valence-electron chi connectivity index (χ1n) is 6.75. The number of methoxy groups -OCH3 is 1. The summed E-state index contributed by atoms with van der Waals surface area (Å²) in [5.74, 6) is 1.38. The SMILES string of the molecule is C=CNC1C/C=C/C/C(OC)=C\C1CCCNC=O. The molecule has 4 heteroatoms. The van der Waals surface area contributed by atoms with Crippen molar-refractivity contribution < 1.29 is 9.53 Å². The van der Waals surface area contributed by atoms with Gasteiger partial charge in [0.1, 0.15) is 0 Å². The first kappa shape index (κ1) is 15.3. The van der Waals surface area contributed by atoms with Gasteiger partial charge in [0.25, 0.3) is 0 Å². The molecule has 0 saturated carbocycles. The second kappa shape index (κ2) is 9.25. The van der Waals surface area contributed by atoms with Crippen LogP contribution in [0.25, 0.3) is 0 Å². The number of nitrogens with one attached hydrogen (secondary N) is 2. The molecular weight excluding hydrogens is 240 g/mol. The smallest absolute Gasteiger partial charge is 0.207 e. The van der Waals surface area contributed by atoms with Crippen molar-refractivity contribution in [1.29, 1.82) is 0 Å². The molecule has 106 valence electrons. The van der Waals surface area contributed by atoms with Crippen LogP contribution < -0.4 is 10.6 Å². The van der Waals surface area contributed by atoms with Gasteiger partial charge in [-0.15, -0.1) is 0 Å². The molecular formula is C15H24N2O2. The highest BCUT2D eigenvalue weighted by Crippen LogP contribution is 2.22. The molecule has 19 heavy (non-hydrogen) atoms. The van der Waals surface area contributed by atoms with Crippen LogP contribution in [0.3, 0.4) is 0 Å². The fourth-order valence-corrected chi connectivity index (χ4v) is 2.32. The van der Waals surface area contributed by atoms with E-state index in [0.717, 1.165) is 37.9 Å². The lowest BCUT2D eigenvalue weighted by atomic mass is 9.89. The molecule has 0 bridgehead atoms. The second-order valence-corrected chi connectivity index (χ2v) is 4.60. The summed E-state index contributed by atoms with van der Waals surface area (Å²) in [5, 5.41) is 6.01. The molecule has 1 amide bonds. The normalized spacial score (nSPS) is 27.1. The van der Waals surface area contributed by atoms with Crippen LogP contribution in [-0.2, 0) is 9.53 Å². The van der Waals surface area contributed by atoms with E-state index in [0.29, 0.717) is 18.5 Å². The van der Waals surface area contributed by atoms with Crippen molar-refractivity contribution >= 4 is 6.41 Å². The minimum Gasteiger partial charge on any atom is -0.501 e. The minimum atomic E-state index is 0.329. The monoisotopic (exact) mass is 264 g/mol. The van der Waals surface area contributed by atoms with E-state index < -0.39 is 0 Å². The number of hydrogen-bond donors (Lipinski definition) is 2. The molecule has 0 aromatic rings. The highest BCUT2D eigenvalue weighted by molar-refractivity contribution is 5.45. The lowest BCUT2D eigenvalue weighted by Gasteiger charge is -2.26. The van der Waals surface area contributed by atoms with Crippen molar-refractivity contribution in [3.05, 3.63) is 36.8 Å². The Bertz CT molecular complexity index is 337. The summed E-state index contributed by atoms with van der Waals surface area (Å²) in [4.78, 5) is 10.2. The fourth-order valence-electron chi connectivity index (χ4n) is 2.32. The number of rotatable bonds is 8. The Kier molecular flexibility index (Phi) is 7.47. The van der Waals surface area contributed by atoms with E-state index in [-0.39, 0.29) is 0 Å². The van der Waals surface area contributed by atoms with Crippen molar-refractivity contribution in [2.75, 3.05) is 13.7 Å². The van der Waals surface area contributed by atoms with Crippen LogP contribution in [0.5, 0.6) is 0 Å². The second-order valence-electron chi connectivity index (χ2n) is 4.60. The van der Waals surface area contributed by atoms with Gasteiger partial charge in [-0.3, -0.25) is 4.79 Å². The molecule has 0 fully saturated rings. The number of allylic oxidation sites excluding steroid dienone is 1. The molecule has 0 aromatic heterocycles. The van der Waals surface area contributed by atoms with E-state index in [1.807, 2.05) is 0 Å². The third-order valence-corrected chi connectivity index (χ3v) is 3.33. The summed E-state index contributed by atoms with van der Waals surface area (Å²) in [6.45, 7) is 4.46. The molecule has 4 nitrogen and oxygen atoms in total. The van der Waals surface area contributed by atoms with Crippen molar-refractivity contribution in [2.24, 2.45) is 5.92 Å². The summed E-state index contributed by atoms with van der Waals surface area (Å²) in [6, 6.07) is 0.329. The molecule has 1 aliphatic carbocycles. The van der Waals surface area contributed by atoms with E-state index in [2.05, 4.69) is 35.4 Å². The molecule has 0 aromatic carbocycles. The third-order valence-electron chi connectivity index (χ3n) is 3.33. The predicted molar refractivity (Wildman–Crippen MR) is 77.4 cm³/mol. The Labute approximate surface area is 115 Å². The van der Waals surface area contributed by atoms with Crippen LogP contribution >= 0.6 is 0 Å². The predicted octanol–water partition coefficient (Wildman–Crippen LogP) is 2.11. The Morgan fingerprint density at radius 3 is 3.05 bits per heavy atom. The quantitative estimate of drug-likeness (QED) is 0.401. The van der Waals surface area contributed by atoms with Crippen LogP contribution in [0.1, 0.15) is 25.7 Å². The van der Waals surface area contributed by atoms with E-state index in [4.69, 9.17) is 4.74 Å². The Morgan fingerprint density at radius 1 is 1.53 bits per heavy atom. The average Bonchev–Trinajstić information content (AvgIpc) is 2.41. The third kappa shape index (κ3) is 5.64. The van der Waals surface area contributed by atoms with Gasteiger partial charge >= 0.3 is 0 Å². The van der Waals surface area contributed by atoms with Gasteiger partial charge in [0, 0.05) is 24.9 Å². The van der Waals surface area contributed by atoms with E-state index in [1.54, 1.807) is 13.3 Å². The number of ether oxygens (including phenoxy) is 1. The highest BCUT2D eigenvalue weighted by atomic mass is 16.5. The number of carbonyl (C=O) groups excluding carboxylic acids is 1. The van der Waals surface area contributed by atoms with Crippen molar-refractivity contribution in [1.82, 2.24) is 10.6 Å². The average molecular weight is 264 g/mol. The van der Waals surface area contributed by atoms with Gasteiger partial charge in [0.05, 0.1) is 12.9 Å². The summed E-state index contributed by atoms with van der Waals surface area (Å²) in [6.07, 6.45) is 12.8. The summed E-state index contributed by atoms with van der Waals surface area (Å²) in [7, 11) is 1.71. The molecule has 0 heterocycles. The first-order chi connectivity index (χ1) is 9.31. The number of hydrogen-bond acceptors (Lipinski definition) is 3. The maximum atomic E-state index is 10.2. The standard InChI is InChI=1S/C15H24N2O2/c1-3-17-15-9-5-4-8-14(19-2)11-13(15)7-6-10-16-12-18/h3-5,11-13,15,17H,1,6-10H2,2H3,(H,16,18)/b5-4+,14-11+. The van der Waals surface area contributed by atoms with E-state index in [1.165, 1.54) is 0 Å². The fraction of sp³-hybridized carbons (Fsp3) is 0.533. The molecule has 1 rings (SSSR count). The zero-order valence-corrected chi connectivity index (χ0v) is 11.6. The van der Waals surface area contributed by atoms with Gasteiger partial charge in [-0.2, -0.15) is 0 Å². The van der Waals surface area contributed by atoms with E-state index in [9.17, 15) is 4.79 Å². The molecule has 0 aliphatic heterocycles. The topological polar surface area (TPSA) is 50.4 Å². The van der Waals surface area contributed by atoms with Crippen LogP contribution in [0.15, 0.2) is 36.8 Å². The first-order valence-corrected chi connectivity index (χ1v) is 6.75. The molecule has 2 N–H and O–H groups in total. The van der Waals surface area contributed by atoms with Crippen molar-refractivity contribution in [2.45, 2.75) is 31.7 Å². The molecule has 0 spiro atoms. The van der Waals surface area contributed by atoms with Gasteiger partial charge in [0.15, 0.2) is 0 Å². The molecule has 0 radical (unpaired) electrons. The zero-order valence-electron chi connectivity index (χ0n) is 11.6. The zero-order chi connectivity index (χ0) is 13.9. The van der Waals surface area contributed by atoms with Gasteiger partial charge in [-0.25, -0.2) is 0 Å². The van der Waals surface area contributed by atoms with Crippen molar-refractivity contribution in [3.8, 4) is 0 Å². The van der Waals surface area contributed by atoms with Crippen LogP contribution in [0, 0.1) is 5.92 Å². The maximum absolute atomic E-state index is 10.2. The minimum absolute atomic E-state index is 0.329. The van der Waals surface area contributed by atoms with Gasteiger partial charge in [-0.1, -0.05) is 18.7 Å². The van der Waals surface area contributed by atoms with Crippen molar-refractivity contribution in [3.63, 3.8) is 0 Å².